The van der Waals surface area contributed by atoms with Crippen molar-refractivity contribution < 1.29 is 19.2 Å². The third-order valence-electron chi connectivity index (χ3n) is 10.4. The molecule has 9 heteroatoms. The van der Waals surface area contributed by atoms with Crippen molar-refractivity contribution in [1.82, 2.24) is 25.3 Å². The molecular weight excluding hydrogens is 578 g/mol. The van der Waals surface area contributed by atoms with Gasteiger partial charge in [-0.15, -0.1) is 0 Å². The molecule has 2 fully saturated rings. The van der Waals surface area contributed by atoms with Crippen LogP contribution in [0.5, 0.6) is 0 Å². The lowest BCUT2D eigenvalue weighted by molar-refractivity contribution is -0.163. The van der Waals surface area contributed by atoms with Crippen LogP contribution in [0.15, 0.2) is 66.7 Å². The Balaban J connectivity index is 1.41. The number of benzene rings is 3. The van der Waals surface area contributed by atoms with Crippen molar-refractivity contribution in [3.8, 4) is 0 Å². The quantitative estimate of drug-likeness (QED) is 0.374. The van der Waals surface area contributed by atoms with Crippen molar-refractivity contribution in [1.29, 1.82) is 0 Å². The molecule has 5 atom stereocenters. The molecule has 3 aliphatic rings. The summed E-state index contributed by atoms with van der Waals surface area (Å²) in [5, 5.41) is 8.18. The summed E-state index contributed by atoms with van der Waals surface area (Å²) in [6.07, 6.45) is 2.96. The first kappa shape index (κ1) is 31.9. The van der Waals surface area contributed by atoms with E-state index in [2.05, 4.69) is 53.1 Å². The minimum absolute atomic E-state index is 0.0413. The zero-order valence-corrected chi connectivity index (χ0v) is 27.5. The molecule has 2 N–H and O–H groups in total. The Hall–Kier alpha value is -4.08. The summed E-state index contributed by atoms with van der Waals surface area (Å²) in [5.41, 5.74) is 1.24. The predicted molar refractivity (Wildman–Crippen MR) is 178 cm³/mol. The molecule has 0 spiro atoms. The van der Waals surface area contributed by atoms with Gasteiger partial charge in [-0.1, -0.05) is 87.5 Å². The monoisotopic (exact) mass is 623 g/mol. The molecule has 3 aromatic carbocycles. The zero-order valence-electron chi connectivity index (χ0n) is 27.5. The van der Waals surface area contributed by atoms with Crippen molar-refractivity contribution in [3.63, 3.8) is 0 Å². The molecule has 0 aromatic heterocycles. The third-order valence-corrected chi connectivity index (χ3v) is 10.4. The molecular formula is C37H45N5O4. The van der Waals surface area contributed by atoms with E-state index in [0.29, 0.717) is 6.42 Å². The lowest BCUT2D eigenvalue weighted by atomic mass is 9.79. The number of nitrogens with one attached hydrogen (secondary N) is 2. The Kier molecular flexibility index (Phi) is 8.50. The lowest BCUT2D eigenvalue weighted by Crippen LogP contribution is -2.74. The molecule has 46 heavy (non-hydrogen) atoms. The molecule has 1 aliphatic carbocycles. The average molecular weight is 624 g/mol. The Bertz CT molecular complexity index is 1670. The van der Waals surface area contributed by atoms with Crippen LogP contribution < -0.4 is 10.6 Å². The van der Waals surface area contributed by atoms with Gasteiger partial charge in [-0.2, -0.15) is 0 Å². The summed E-state index contributed by atoms with van der Waals surface area (Å²) >= 11 is 0. The second kappa shape index (κ2) is 12.3. The van der Waals surface area contributed by atoms with E-state index in [4.69, 9.17) is 0 Å². The van der Waals surface area contributed by atoms with Crippen LogP contribution >= 0.6 is 0 Å². The van der Waals surface area contributed by atoms with Crippen molar-refractivity contribution in [3.05, 3.63) is 83.4 Å². The van der Waals surface area contributed by atoms with Gasteiger partial charge in [0.15, 0.2) is 11.9 Å². The summed E-state index contributed by atoms with van der Waals surface area (Å²) in [7, 11) is 1.69. The van der Waals surface area contributed by atoms with Crippen LogP contribution in [0.1, 0.15) is 50.8 Å². The highest BCUT2D eigenvalue weighted by Crippen LogP contribution is 2.40. The topological polar surface area (TPSA) is 102 Å². The maximum Gasteiger partial charge on any atom is 0.246 e. The van der Waals surface area contributed by atoms with E-state index in [1.54, 1.807) is 18.9 Å². The van der Waals surface area contributed by atoms with Gasteiger partial charge >= 0.3 is 0 Å². The fourth-order valence-electron chi connectivity index (χ4n) is 7.59. The Morgan fingerprint density at radius 3 is 2.39 bits per heavy atom. The summed E-state index contributed by atoms with van der Waals surface area (Å²) in [5.74, 6) is -0.621. The van der Waals surface area contributed by atoms with E-state index in [9.17, 15) is 19.2 Å². The van der Waals surface area contributed by atoms with E-state index in [1.807, 2.05) is 54.8 Å². The second-order valence-electron chi connectivity index (χ2n) is 14.1. The van der Waals surface area contributed by atoms with Gasteiger partial charge in [0.2, 0.25) is 17.7 Å². The number of carbonyl (C=O) groups is 4. The van der Waals surface area contributed by atoms with Gasteiger partial charge in [-0.25, -0.2) is 4.90 Å². The summed E-state index contributed by atoms with van der Waals surface area (Å²) < 4.78 is 0. The number of fused-ring (bicyclic) bond motifs is 3. The van der Waals surface area contributed by atoms with Gasteiger partial charge in [-0.3, -0.25) is 19.2 Å². The molecule has 9 nitrogen and oxygen atoms in total. The number of piperazine rings is 1. The summed E-state index contributed by atoms with van der Waals surface area (Å²) in [6, 6.07) is 21.3. The van der Waals surface area contributed by atoms with Gasteiger partial charge < -0.3 is 20.4 Å². The number of hydrogen-bond donors (Lipinski definition) is 2. The molecule has 6 rings (SSSR count). The van der Waals surface area contributed by atoms with Crippen LogP contribution in [-0.2, 0) is 38.4 Å². The van der Waals surface area contributed by atoms with Crippen LogP contribution in [0.4, 0.5) is 0 Å². The molecule has 1 unspecified atom stereocenters. The number of rotatable bonds is 8. The van der Waals surface area contributed by atoms with Gasteiger partial charge in [0.05, 0.1) is 19.1 Å². The van der Waals surface area contributed by atoms with E-state index in [-0.39, 0.29) is 36.9 Å². The highest BCUT2D eigenvalue weighted by atomic mass is 16.2. The number of likely N-dealkylation sites (N-methyl/N-ethyl adjacent to an activating group) is 1. The normalized spacial score (nSPS) is 23.9. The summed E-state index contributed by atoms with van der Waals surface area (Å²) in [6.45, 7) is 7.60. The molecule has 0 bridgehead atoms. The molecule has 2 aliphatic heterocycles. The first-order valence-corrected chi connectivity index (χ1v) is 16.4. The van der Waals surface area contributed by atoms with Crippen LogP contribution in [0, 0.1) is 5.41 Å². The molecule has 0 radical (unpaired) electrons. The lowest BCUT2D eigenvalue weighted by Gasteiger charge is -2.53. The number of amides is 3. The summed E-state index contributed by atoms with van der Waals surface area (Å²) in [4.78, 5) is 60.8. The first-order valence-electron chi connectivity index (χ1n) is 16.4. The van der Waals surface area contributed by atoms with E-state index in [1.165, 1.54) is 11.1 Å². The Morgan fingerprint density at radius 1 is 1.00 bits per heavy atom. The number of nitrogens with zero attached hydrogens (tertiary/aromatic N) is 3. The fraction of sp³-hybridized carbons (Fsp3) is 0.459. The first-order chi connectivity index (χ1) is 22.0. The van der Waals surface area contributed by atoms with Crippen molar-refractivity contribution >= 4 is 34.8 Å². The SMILES string of the molecule is CNC(C)C(=O)N[C@](C=O)(N1CC(=O)N2[C@@H](Cc3ccc4ccccc4c3)C(=O)N([C@H]3CCc4ccccc4C3)C[C@@H]21)C(C)(C)C. The average Bonchev–Trinajstić information content (AvgIpc) is 3.39. The van der Waals surface area contributed by atoms with Gasteiger partial charge in [-0.05, 0) is 60.7 Å². The molecule has 3 amide bonds. The molecule has 0 saturated carbocycles. The molecule has 242 valence electrons. The maximum absolute atomic E-state index is 14.6. The number of aryl methyl sites for hydroxylation is 1. The highest BCUT2D eigenvalue weighted by Gasteiger charge is 2.60. The minimum Gasteiger partial charge on any atom is -0.334 e. The van der Waals surface area contributed by atoms with Crippen LogP contribution in [-0.4, -0.2) is 88.8 Å². The van der Waals surface area contributed by atoms with E-state index < -0.39 is 29.3 Å². The highest BCUT2D eigenvalue weighted by molar-refractivity contribution is 5.93. The Morgan fingerprint density at radius 2 is 1.70 bits per heavy atom. The number of aldehydes is 1. The van der Waals surface area contributed by atoms with Crippen molar-refractivity contribution in [2.24, 2.45) is 5.41 Å². The zero-order chi connectivity index (χ0) is 32.8. The van der Waals surface area contributed by atoms with Gasteiger partial charge in [0.25, 0.3) is 0 Å². The van der Waals surface area contributed by atoms with E-state index in [0.717, 1.165) is 41.9 Å². The van der Waals surface area contributed by atoms with Crippen molar-refractivity contribution in [2.45, 2.75) is 83.3 Å². The smallest absolute Gasteiger partial charge is 0.246 e. The molecule has 3 aromatic rings. The standard InChI is InChI=1S/C37H45N5O4/c1-24(38-5)34(45)39-37(23-43,36(2,3)4)41-22-33(44)42-31(19-25-14-15-26-10-6-8-12-28(26)18-25)35(46)40(21-32(41)42)30-17-16-27-11-7-9-13-29(27)20-30/h6-15,18,23-24,30-32,38H,16-17,19-22H2,1-5H3,(H,39,45)/t24?,30-,31-,32+,37+/m0/s1. The predicted octanol–water partition coefficient (Wildman–Crippen LogP) is 3.29. The Labute approximate surface area is 271 Å². The third kappa shape index (κ3) is 5.49. The maximum atomic E-state index is 14.6. The van der Waals surface area contributed by atoms with Crippen LogP contribution in [0.25, 0.3) is 10.8 Å². The van der Waals surface area contributed by atoms with Crippen LogP contribution in [0.3, 0.4) is 0 Å². The van der Waals surface area contributed by atoms with Gasteiger partial charge in [0.1, 0.15) is 12.2 Å². The fourth-order valence-corrected chi connectivity index (χ4v) is 7.59. The molecule has 2 saturated heterocycles. The van der Waals surface area contributed by atoms with Crippen LogP contribution in [0.2, 0.25) is 0 Å². The number of hydrogen-bond acceptors (Lipinski definition) is 6. The largest absolute Gasteiger partial charge is 0.334 e. The van der Waals surface area contributed by atoms with Gasteiger partial charge in [0, 0.05) is 17.9 Å². The van der Waals surface area contributed by atoms with Crippen molar-refractivity contribution in [2.75, 3.05) is 20.1 Å². The number of carbonyl (C=O) groups excluding carboxylic acids is 4. The second-order valence-corrected chi connectivity index (χ2v) is 14.1. The van der Waals surface area contributed by atoms with E-state index >= 15 is 0 Å². The minimum atomic E-state index is -1.50. The molecule has 2 heterocycles.